The molecule has 0 aliphatic heterocycles. The second-order valence-corrected chi connectivity index (χ2v) is 7.85. The van der Waals surface area contributed by atoms with Crippen molar-refractivity contribution in [1.82, 2.24) is 9.97 Å². The monoisotopic (exact) mass is 407 g/mol. The highest BCUT2D eigenvalue weighted by Gasteiger charge is 2.16. The van der Waals surface area contributed by atoms with Gasteiger partial charge < -0.3 is 14.7 Å². The van der Waals surface area contributed by atoms with Crippen LogP contribution in [0.4, 0.5) is 5.13 Å². The number of furan rings is 1. The van der Waals surface area contributed by atoms with Crippen molar-refractivity contribution in [3.8, 4) is 11.3 Å². The number of nitrogens with zero attached hydrogens (tertiary/aromatic N) is 1. The fourth-order valence-corrected chi connectivity index (χ4v) is 4.21. The number of ketones is 1. The summed E-state index contributed by atoms with van der Waals surface area (Å²) in [6.07, 6.45) is 0.686. The van der Waals surface area contributed by atoms with Crippen molar-refractivity contribution >= 4 is 39.1 Å². The molecule has 4 rings (SSSR count). The van der Waals surface area contributed by atoms with Crippen LogP contribution in [-0.2, 0) is 11.2 Å². The molecule has 3 aromatic heterocycles. The first-order chi connectivity index (χ1) is 13.9. The van der Waals surface area contributed by atoms with E-state index < -0.39 is 0 Å². The van der Waals surface area contributed by atoms with Gasteiger partial charge in [0.05, 0.1) is 11.3 Å². The highest BCUT2D eigenvalue weighted by atomic mass is 32.1. The van der Waals surface area contributed by atoms with Gasteiger partial charge in [-0.2, -0.15) is 0 Å². The van der Waals surface area contributed by atoms with E-state index in [1.807, 2.05) is 30.5 Å². The van der Waals surface area contributed by atoms with E-state index in [2.05, 4.69) is 21.4 Å². The molecule has 0 radical (unpaired) electrons. The average Bonchev–Trinajstić information content (AvgIpc) is 3.36. The Hall–Kier alpha value is -3.19. The number of nitrogens with one attached hydrogen (secondary N) is 2. The van der Waals surface area contributed by atoms with E-state index in [9.17, 15) is 9.59 Å². The van der Waals surface area contributed by atoms with E-state index in [1.54, 1.807) is 13.0 Å². The van der Waals surface area contributed by atoms with E-state index >= 15 is 0 Å². The Kier molecular flexibility index (Phi) is 5.07. The van der Waals surface area contributed by atoms with Gasteiger partial charge in [-0.3, -0.25) is 9.59 Å². The molecule has 0 bridgehead atoms. The molecule has 2 N–H and O–H groups in total. The van der Waals surface area contributed by atoms with Crippen LogP contribution in [0.3, 0.4) is 0 Å². The molecular weight excluding hydrogens is 386 g/mol. The Labute approximate surface area is 172 Å². The maximum Gasteiger partial charge on any atom is 0.226 e. The van der Waals surface area contributed by atoms with Crippen molar-refractivity contribution < 1.29 is 14.0 Å². The number of aryl methyl sites for hydroxylation is 3. The van der Waals surface area contributed by atoms with Crippen LogP contribution in [0, 0.1) is 13.8 Å². The van der Waals surface area contributed by atoms with Gasteiger partial charge >= 0.3 is 0 Å². The first-order valence-electron chi connectivity index (χ1n) is 9.35. The summed E-state index contributed by atoms with van der Waals surface area (Å²) in [7, 11) is 0. The van der Waals surface area contributed by atoms with Gasteiger partial charge in [0.15, 0.2) is 10.9 Å². The minimum absolute atomic E-state index is 0.0372. The zero-order valence-corrected chi connectivity index (χ0v) is 17.3. The van der Waals surface area contributed by atoms with Gasteiger partial charge in [-0.05, 0) is 32.9 Å². The van der Waals surface area contributed by atoms with Gasteiger partial charge in [0.2, 0.25) is 5.91 Å². The van der Waals surface area contributed by atoms with Crippen LogP contribution in [0.2, 0.25) is 0 Å². The number of aromatic amines is 1. The van der Waals surface area contributed by atoms with Crippen LogP contribution in [0.5, 0.6) is 0 Å². The van der Waals surface area contributed by atoms with Crippen LogP contribution in [0.25, 0.3) is 22.2 Å². The third-order valence-corrected chi connectivity index (χ3v) is 5.60. The molecule has 6 nitrogen and oxygen atoms in total. The van der Waals surface area contributed by atoms with Gasteiger partial charge in [0.1, 0.15) is 11.5 Å². The number of H-pyrrole nitrogens is 1. The lowest BCUT2D eigenvalue weighted by Crippen LogP contribution is -2.12. The molecule has 0 unspecified atom stereocenters. The van der Waals surface area contributed by atoms with Gasteiger partial charge in [-0.25, -0.2) is 4.98 Å². The fraction of sp³-hybridized carbons (Fsp3) is 0.227. The van der Waals surface area contributed by atoms with Crippen molar-refractivity contribution in [3.63, 3.8) is 0 Å². The molecule has 29 heavy (non-hydrogen) atoms. The average molecular weight is 407 g/mol. The number of anilines is 1. The second-order valence-electron chi connectivity index (χ2n) is 7.00. The van der Waals surface area contributed by atoms with E-state index in [0.717, 1.165) is 27.9 Å². The summed E-state index contributed by atoms with van der Waals surface area (Å²) in [6.45, 7) is 5.28. The van der Waals surface area contributed by atoms with E-state index in [-0.39, 0.29) is 18.1 Å². The molecule has 0 fully saturated rings. The molecule has 0 saturated heterocycles. The molecule has 1 amide bonds. The fourth-order valence-electron chi connectivity index (χ4n) is 3.49. The standard InChI is InChI=1S/C22H21N3O3S/c1-12-21(16-6-4-5-7-18(16)23-12)19-11-29-22(24-19)25-20(27)9-8-15-10-17(13(2)26)14(3)28-15/h4-7,10-11,23H,8-9H2,1-3H3,(H,24,25,27). The lowest BCUT2D eigenvalue weighted by molar-refractivity contribution is -0.116. The molecule has 0 aliphatic rings. The number of thiazole rings is 1. The first-order valence-corrected chi connectivity index (χ1v) is 10.2. The Morgan fingerprint density at radius 2 is 2.03 bits per heavy atom. The number of para-hydroxylation sites is 1. The summed E-state index contributed by atoms with van der Waals surface area (Å²) in [5.41, 5.74) is 4.58. The molecule has 3 heterocycles. The Morgan fingerprint density at radius 3 is 2.79 bits per heavy atom. The normalized spacial score (nSPS) is 11.1. The van der Waals surface area contributed by atoms with Crippen molar-refractivity contribution in [2.75, 3.05) is 5.32 Å². The minimum atomic E-state index is -0.139. The van der Waals surface area contributed by atoms with E-state index in [0.29, 0.717) is 28.6 Å². The van der Waals surface area contributed by atoms with Crippen molar-refractivity contribution in [1.29, 1.82) is 0 Å². The van der Waals surface area contributed by atoms with Crippen LogP contribution >= 0.6 is 11.3 Å². The molecule has 0 saturated carbocycles. The maximum absolute atomic E-state index is 12.3. The van der Waals surface area contributed by atoms with E-state index in [4.69, 9.17) is 4.42 Å². The van der Waals surface area contributed by atoms with Crippen LogP contribution < -0.4 is 5.32 Å². The van der Waals surface area contributed by atoms with Gasteiger partial charge in [-0.1, -0.05) is 18.2 Å². The molecule has 7 heteroatoms. The first kappa shape index (κ1) is 19.1. The Balaban J connectivity index is 1.44. The summed E-state index contributed by atoms with van der Waals surface area (Å²) < 4.78 is 5.57. The summed E-state index contributed by atoms with van der Waals surface area (Å²) >= 11 is 1.40. The van der Waals surface area contributed by atoms with Crippen molar-refractivity contribution in [2.45, 2.75) is 33.6 Å². The largest absolute Gasteiger partial charge is 0.466 e. The minimum Gasteiger partial charge on any atom is -0.466 e. The smallest absolute Gasteiger partial charge is 0.226 e. The Morgan fingerprint density at radius 1 is 1.24 bits per heavy atom. The number of carbonyl (C=O) groups excluding carboxylic acids is 2. The molecule has 0 aliphatic carbocycles. The molecular formula is C22H21N3O3S. The number of benzene rings is 1. The molecule has 0 spiro atoms. The topological polar surface area (TPSA) is 88.0 Å². The Bertz CT molecular complexity index is 1220. The number of hydrogen-bond acceptors (Lipinski definition) is 5. The lowest BCUT2D eigenvalue weighted by Gasteiger charge is -2.00. The third kappa shape index (κ3) is 3.86. The lowest BCUT2D eigenvalue weighted by atomic mass is 10.1. The number of rotatable bonds is 6. The van der Waals surface area contributed by atoms with Crippen LogP contribution in [0.15, 0.2) is 40.1 Å². The van der Waals surface area contributed by atoms with Crippen molar-refractivity contribution in [3.05, 3.63) is 58.5 Å². The van der Waals surface area contributed by atoms with Crippen LogP contribution in [-0.4, -0.2) is 21.7 Å². The zero-order chi connectivity index (χ0) is 20.5. The zero-order valence-electron chi connectivity index (χ0n) is 16.5. The highest BCUT2D eigenvalue weighted by molar-refractivity contribution is 7.14. The number of fused-ring (bicyclic) bond motifs is 1. The van der Waals surface area contributed by atoms with Gasteiger partial charge in [0, 0.05) is 40.4 Å². The summed E-state index contributed by atoms with van der Waals surface area (Å²) in [4.78, 5) is 31.8. The number of carbonyl (C=O) groups is 2. The van der Waals surface area contributed by atoms with E-state index in [1.165, 1.54) is 18.3 Å². The predicted molar refractivity (Wildman–Crippen MR) is 115 cm³/mol. The summed E-state index contributed by atoms with van der Waals surface area (Å²) in [5, 5.41) is 6.49. The molecule has 4 aromatic rings. The van der Waals surface area contributed by atoms with Gasteiger partial charge in [-0.15, -0.1) is 11.3 Å². The SMILES string of the molecule is CC(=O)c1cc(CCC(=O)Nc2nc(-c3c(C)[nH]c4ccccc34)cs2)oc1C. The second kappa shape index (κ2) is 7.67. The number of Topliss-reactive ketones (excluding diaryl/α,β-unsaturated/α-hetero) is 1. The summed E-state index contributed by atoms with van der Waals surface area (Å²) in [6, 6.07) is 9.81. The molecule has 148 valence electrons. The number of hydrogen-bond donors (Lipinski definition) is 2. The quantitative estimate of drug-likeness (QED) is 0.426. The number of aromatic nitrogens is 2. The highest BCUT2D eigenvalue weighted by Crippen LogP contribution is 2.33. The number of amides is 1. The van der Waals surface area contributed by atoms with Crippen LogP contribution in [0.1, 0.15) is 40.9 Å². The summed E-state index contributed by atoms with van der Waals surface area (Å²) in [5.74, 6) is 1.05. The predicted octanol–water partition coefficient (Wildman–Crippen LogP) is 5.28. The van der Waals surface area contributed by atoms with Crippen molar-refractivity contribution in [2.24, 2.45) is 0 Å². The molecule has 1 aromatic carbocycles. The third-order valence-electron chi connectivity index (χ3n) is 4.85. The maximum atomic E-state index is 12.3. The van der Waals surface area contributed by atoms with Gasteiger partial charge in [0.25, 0.3) is 0 Å². The molecule has 0 atom stereocenters.